The molecule has 0 unspecified atom stereocenters. The number of primary amides is 1. The van der Waals surface area contributed by atoms with Crippen LogP contribution in [0.25, 0.3) is 0 Å². The minimum atomic E-state index is -0.516. The molecule has 0 saturated heterocycles. The summed E-state index contributed by atoms with van der Waals surface area (Å²) in [6, 6.07) is 0. The number of hydrogen-bond acceptors (Lipinski definition) is 3. The van der Waals surface area contributed by atoms with Crippen LogP contribution < -0.4 is 11.1 Å². The number of carbonyl (C=O) groups excluding carboxylic acids is 1. The van der Waals surface area contributed by atoms with Gasteiger partial charge in [-0.3, -0.25) is 9.79 Å². The zero-order valence-corrected chi connectivity index (χ0v) is 9.86. The lowest BCUT2D eigenvalue weighted by Gasteiger charge is -1.91. The van der Waals surface area contributed by atoms with Gasteiger partial charge in [0.15, 0.2) is 0 Å². The van der Waals surface area contributed by atoms with Gasteiger partial charge < -0.3 is 11.1 Å². The van der Waals surface area contributed by atoms with Gasteiger partial charge in [-0.05, 0) is 12.2 Å². The average Bonchev–Trinajstić information content (AvgIpc) is 2.36. The number of nitrogens with zero attached hydrogens (tertiary/aromatic N) is 1. The van der Waals surface area contributed by atoms with Crippen molar-refractivity contribution in [3.8, 4) is 0 Å². The van der Waals surface area contributed by atoms with Crippen molar-refractivity contribution in [3.63, 3.8) is 0 Å². The highest BCUT2D eigenvalue weighted by molar-refractivity contribution is 6.11. The lowest BCUT2D eigenvalue weighted by Crippen LogP contribution is -2.14. The maximum absolute atomic E-state index is 11.1. The summed E-state index contributed by atoms with van der Waals surface area (Å²) in [5.41, 5.74) is 5.55. The summed E-state index contributed by atoms with van der Waals surface area (Å²) < 4.78 is 0. The first kappa shape index (κ1) is 13.4. The number of nitrogens with one attached hydrogen (secondary N) is 1. The van der Waals surface area contributed by atoms with E-state index >= 15 is 0 Å². The molecule has 1 aliphatic rings. The predicted octanol–water partition coefficient (Wildman–Crippen LogP) is 1.73. The summed E-state index contributed by atoms with van der Waals surface area (Å²) in [5, 5.41) is 2.90. The van der Waals surface area contributed by atoms with Crippen molar-refractivity contribution in [1.29, 1.82) is 0 Å². The molecule has 4 nitrogen and oxygen atoms in total. The molecule has 1 aliphatic heterocycles. The number of rotatable bonds is 1. The molecule has 0 saturated carbocycles. The summed E-state index contributed by atoms with van der Waals surface area (Å²) in [5.74, 6) is -0.516. The first-order valence-corrected chi connectivity index (χ1v) is 5.41. The Hall–Kier alpha value is -2.62. The molecule has 0 aromatic heterocycles. The second kappa shape index (κ2) is 8.52. The van der Waals surface area contributed by atoms with Crippen LogP contribution in [-0.2, 0) is 4.79 Å². The molecule has 3 N–H and O–H groups in total. The molecule has 0 spiro atoms. The zero-order chi connectivity index (χ0) is 13.1. The number of carbonyl (C=O) groups is 1. The zero-order valence-electron chi connectivity index (χ0n) is 9.86. The summed E-state index contributed by atoms with van der Waals surface area (Å²) in [7, 11) is 0. The van der Waals surface area contributed by atoms with E-state index in [1.807, 2.05) is 30.4 Å². The first-order valence-electron chi connectivity index (χ1n) is 5.41. The monoisotopic (exact) mass is 241 g/mol. The quantitative estimate of drug-likeness (QED) is 0.734. The van der Waals surface area contributed by atoms with Crippen molar-refractivity contribution in [2.45, 2.75) is 0 Å². The Kier molecular flexibility index (Phi) is 6.37. The van der Waals surface area contributed by atoms with Crippen LogP contribution in [0.5, 0.6) is 0 Å². The average molecular weight is 241 g/mol. The third kappa shape index (κ3) is 6.07. The fourth-order valence-corrected chi connectivity index (χ4v) is 1.04. The fraction of sp³-hybridized carbons (Fsp3) is 0. The van der Waals surface area contributed by atoms with Gasteiger partial charge in [0, 0.05) is 24.8 Å². The summed E-state index contributed by atoms with van der Waals surface area (Å²) >= 11 is 0. The van der Waals surface area contributed by atoms with E-state index in [1.165, 1.54) is 12.4 Å². The summed E-state index contributed by atoms with van der Waals surface area (Å²) in [6.45, 7) is 0. The van der Waals surface area contributed by atoms with Gasteiger partial charge in [0.1, 0.15) is 0 Å². The molecule has 0 aromatic carbocycles. The van der Waals surface area contributed by atoms with E-state index in [4.69, 9.17) is 5.73 Å². The van der Waals surface area contributed by atoms with Crippen molar-refractivity contribution in [2.24, 2.45) is 10.7 Å². The molecule has 0 atom stereocenters. The number of nitrogens with two attached hydrogens (primary N) is 1. The number of hydrogen-bond donors (Lipinski definition) is 2. The SMILES string of the molecule is NC(=O)C1=CC=CC=CC=CC=CNC=CN=C1. The Labute approximate surface area is 106 Å². The van der Waals surface area contributed by atoms with Crippen LogP contribution >= 0.6 is 0 Å². The van der Waals surface area contributed by atoms with Gasteiger partial charge in [0.2, 0.25) is 5.91 Å². The maximum atomic E-state index is 11.1. The first-order chi connectivity index (χ1) is 8.80. The van der Waals surface area contributed by atoms with E-state index in [0.29, 0.717) is 5.57 Å². The Balaban J connectivity index is 2.88. The second-order valence-electron chi connectivity index (χ2n) is 3.26. The Morgan fingerprint density at radius 2 is 1.67 bits per heavy atom. The third-order valence-corrected chi connectivity index (χ3v) is 1.89. The van der Waals surface area contributed by atoms with Crippen molar-refractivity contribution < 1.29 is 4.79 Å². The second-order valence-corrected chi connectivity index (χ2v) is 3.26. The molecule has 0 fully saturated rings. The molecule has 18 heavy (non-hydrogen) atoms. The van der Waals surface area contributed by atoms with E-state index in [0.717, 1.165) is 0 Å². The van der Waals surface area contributed by atoms with Crippen LogP contribution in [0.1, 0.15) is 0 Å². The normalized spacial score (nSPS) is 15.7. The van der Waals surface area contributed by atoms with Gasteiger partial charge in [0.25, 0.3) is 0 Å². The minimum Gasteiger partial charge on any atom is -0.366 e. The van der Waals surface area contributed by atoms with Crippen molar-refractivity contribution in [3.05, 3.63) is 72.8 Å². The summed E-state index contributed by atoms with van der Waals surface area (Å²) in [6.07, 6.45) is 20.9. The third-order valence-electron chi connectivity index (χ3n) is 1.89. The molecule has 92 valence electrons. The van der Waals surface area contributed by atoms with Crippen LogP contribution in [0.15, 0.2) is 77.8 Å². The minimum absolute atomic E-state index is 0.338. The molecule has 0 bridgehead atoms. The van der Waals surface area contributed by atoms with Gasteiger partial charge in [-0.25, -0.2) is 0 Å². The van der Waals surface area contributed by atoms with E-state index in [1.54, 1.807) is 30.6 Å². The van der Waals surface area contributed by atoms with E-state index in [-0.39, 0.29) is 0 Å². The molecule has 0 aromatic rings. The smallest absolute Gasteiger partial charge is 0.250 e. The molecule has 1 heterocycles. The van der Waals surface area contributed by atoms with Crippen molar-refractivity contribution in [2.75, 3.05) is 0 Å². The molecule has 0 aliphatic carbocycles. The Bertz CT molecular complexity index is 477. The highest BCUT2D eigenvalue weighted by Gasteiger charge is 1.97. The van der Waals surface area contributed by atoms with Crippen LogP contribution in [0, 0.1) is 0 Å². The van der Waals surface area contributed by atoms with Gasteiger partial charge in [-0.15, -0.1) is 0 Å². The van der Waals surface area contributed by atoms with Gasteiger partial charge in [-0.2, -0.15) is 0 Å². The highest BCUT2D eigenvalue weighted by atomic mass is 16.1. The highest BCUT2D eigenvalue weighted by Crippen LogP contribution is 1.92. The lowest BCUT2D eigenvalue weighted by atomic mass is 10.2. The lowest BCUT2D eigenvalue weighted by molar-refractivity contribution is -0.114. The fourth-order valence-electron chi connectivity index (χ4n) is 1.04. The Morgan fingerprint density at radius 3 is 2.39 bits per heavy atom. The van der Waals surface area contributed by atoms with Crippen LogP contribution in [0.2, 0.25) is 0 Å². The largest absolute Gasteiger partial charge is 0.366 e. The molecule has 0 radical (unpaired) electrons. The van der Waals surface area contributed by atoms with Gasteiger partial charge in [0.05, 0.1) is 5.57 Å². The van der Waals surface area contributed by atoms with E-state index < -0.39 is 5.91 Å². The molecular weight excluding hydrogens is 226 g/mol. The van der Waals surface area contributed by atoms with Crippen molar-refractivity contribution in [1.82, 2.24) is 5.32 Å². The molecule has 4 heteroatoms. The van der Waals surface area contributed by atoms with Crippen molar-refractivity contribution >= 4 is 12.1 Å². The number of amides is 1. The Morgan fingerprint density at radius 1 is 1.00 bits per heavy atom. The standard InChI is InChI=1S/C14H15N3O/c15-14(18)13-8-6-4-2-1-3-5-7-9-16-10-11-17-12-13/h1-12,16H,(H2,15,18). The number of aliphatic imine (C=N–C) groups is 1. The van der Waals surface area contributed by atoms with Gasteiger partial charge >= 0.3 is 0 Å². The molecule has 1 amide bonds. The van der Waals surface area contributed by atoms with Gasteiger partial charge in [-0.1, -0.05) is 36.5 Å². The predicted molar refractivity (Wildman–Crippen MR) is 74.6 cm³/mol. The summed E-state index contributed by atoms with van der Waals surface area (Å²) in [4.78, 5) is 15.0. The van der Waals surface area contributed by atoms with Crippen LogP contribution in [-0.4, -0.2) is 12.1 Å². The van der Waals surface area contributed by atoms with Crippen LogP contribution in [0.4, 0.5) is 0 Å². The maximum Gasteiger partial charge on any atom is 0.250 e. The molecular formula is C14H15N3O. The van der Waals surface area contributed by atoms with E-state index in [9.17, 15) is 4.79 Å². The number of allylic oxidation sites excluding steroid dienone is 8. The van der Waals surface area contributed by atoms with E-state index in [2.05, 4.69) is 10.3 Å². The molecule has 1 rings (SSSR count). The topological polar surface area (TPSA) is 67.5 Å². The van der Waals surface area contributed by atoms with Crippen LogP contribution in [0.3, 0.4) is 0 Å².